The first kappa shape index (κ1) is 54.7. The van der Waals surface area contributed by atoms with E-state index in [4.69, 9.17) is 0 Å². The van der Waals surface area contributed by atoms with E-state index in [-0.39, 0.29) is 83.3 Å². The molecule has 0 aliphatic carbocycles. The van der Waals surface area contributed by atoms with Gasteiger partial charge in [0, 0.05) is 70.3 Å². The van der Waals surface area contributed by atoms with Crippen LogP contribution in [-0.4, -0.2) is 145 Å². The fraction of sp³-hybridized carbons (Fsp3) is 0.511. The summed E-state index contributed by atoms with van der Waals surface area (Å²) in [6.45, 7) is 6.26. The molecule has 6 atom stereocenters. The predicted molar refractivity (Wildman–Crippen MR) is 248 cm³/mol. The van der Waals surface area contributed by atoms with Crippen LogP contribution in [-0.2, 0) is 56.0 Å². The van der Waals surface area contributed by atoms with Crippen molar-refractivity contribution in [3.8, 4) is 0 Å². The van der Waals surface area contributed by atoms with E-state index in [1.165, 1.54) is 0 Å². The summed E-state index contributed by atoms with van der Waals surface area (Å²) in [6, 6.07) is 7.61. The van der Waals surface area contributed by atoms with Crippen LogP contribution in [0, 0.1) is 5.92 Å². The first-order valence-electron chi connectivity index (χ1n) is 23.1. The first-order chi connectivity index (χ1) is 32.7. The van der Waals surface area contributed by atoms with Crippen LogP contribution >= 0.6 is 0 Å². The third-order valence-electron chi connectivity index (χ3n) is 11.6. The molecule has 22 heteroatoms. The van der Waals surface area contributed by atoms with Crippen LogP contribution in [0.3, 0.4) is 0 Å². The van der Waals surface area contributed by atoms with Crippen LogP contribution in [0.4, 0.5) is 0 Å². The number of nitrogens with one attached hydrogen (secondary N) is 7. The topological polar surface area (TPSA) is 312 Å². The summed E-state index contributed by atoms with van der Waals surface area (Å²) in [5.74, 6) is -7.25. The maximum atomic E-state index is 14.6. The average molecular weight is 963 g/mol. The lowest BCUT2D eigenvalue weighted by Crippen LogP contribution is -2.62. The van der Waals surface area contributed by atoms with Gasteiger partial charge in [0.15, 0.2) is 0 Å². The number of amides is 9. The van der Waals surface area contributed by atoms with E-state index in [1.807, 2.05) is 32.0 Å². The molecule has 2 aromatic carbocycles. The summed E-state index contributed by atoms with van der Waals surface area (Å²) in [6.07, 6.45) is 0.852. The minimum Gasteiger partial charge on any atom is -0.361 e. The maximum Gasteiger partial charge on any atom is 0.243 e. The second kappa shape index (κ2) is 26.6. The highest BCUT2D eigenvalue weighted by Gasteiger charge is 2.36. The number of aromatic amines is 1. The second-order valence-corrected chi connectivity index (χ2v) is 17.6. The predicted octanol–water partition coefficient (Wildman–Crippen LogP) is 0.975. The van der Waals surface area contributed by atoms with E-state index < -0.39 is 89.4 Å². The normalized spacial score (nSPS) is 20.9. The lowest BCUT2D eigenvalue weighted by atomic mass is 9.99. The van der Waals surface area contributed by atoms with E-state index in [2.05, 4.69) is 36.9 Å². The molecule has 3 aromatic rings. The monoisotopic (exact) mass is 962 g/mol. The van der Waals surface area contributed by atoms with Crippen LogP contribution in [0.1, 0.15) is 90.7 Å². The Bertz CT molecular complexity index is 2270. The molecule has 4 rings (SSSR count). The highest BCUT2D eigenvalue weighted by molar-refractivity contribution is 5.98. The Hall–Kier alpha value is -6.91. The molecule has 69 heavy (non-hydrogen) atoms. The number of hydrogen-bond donors (Lipinski definition) is 10. The summed E-state index contributed by atoms with van der Waals surface area (Å²) < 4.78 is 0. The van der Waals surface area contributed by atoms with Crippen LogP contribution in [0.15, 0.2) is 60.8 Å². The van der Waals surface area contributed by atoms with Gasteiger partial charge in [-0.3, -0.25) is 58.8 Å². The lowest BCUT2D eigenvalue weighted by Gasteiger charge is -2.30. The molecule has 6 unspecified atom stereocenters. The van der Waals surface area contributed by atoms with E-state index >= 15 is 0 Å². The number of carbonyl (C=O) groups excluding carboxylic acids is 9. The standard InChI is InChI=1S/C47H66N10O12/c1-28(2)24-39-45(64)53-40(25-32-14-7-6-8-15-32)46(65)51-37(19-12-22-56(68)30(4)59)43(62)49-36(18-11-21-55(67)29(3)58)42(61)50-38(20-13-23-57(69)31(5)60)44(63)54-41(47(66)52-39)26-33-27-48-35-17-10-9-16-34(33)35/h6-10,14-17,27-28,36-41,48,67-69H,11-13,18-26H2,1-5H3,(H,49,62)(H,50,61)(H,51,65)(H,52,66)(H,53,64)(H,54,63). The second-order valence-electron chi connectivity index (χ2n) is 17.6. The summed E-state index contributed by atoms with van der Waals surface area (Å²) in [5.41, 5.74) is 2.01. The zero-order valence-electron chi connectivity index (χ0n) is 39.7. The maximum absolute atomic E-state index is 14.6. The van der Waals surface area contributed by atoms with Gasteiger partial charge < -0.3 is 36.9 Å². The SMILES string of the molecule is CC(=O)N(O)CCCC1NC(=O)C(CCCN(O)C(C)=O)NC(=O)C(Cc2ccccc2)NC(=O)C(CC(C)C)NC(=O)C(Cc2c[nH]c3ccccc23)NC(=O)C(CCCN(O)C(C)=O)NC1=O. The Morgan fingerprint density at radius 3 is 1.30 bits per heavy atom. The van der Waals surface area contributed by atoms with Crippen molar-refractivity contribution in [3.05, 3.63) is 71.9 Å². The minimum absolute atomic E-state index is 0.0360. The summed E-state index contributed by atoms with van der Waals surface area (Å²) >= 11 is 0. The van der Waals surface area contributed by atoms with Crippen LogP contribution < -0.4 is 31.9 Å². The smallest absolute Gasteiger partial charge is 0.243 e. The Kier molecular flexibility index (Phi) is 21.1. The van der Waals surface area contributed by atoms with Gasteiger partial charge in [-0.05, 0) is 68.1 Å². The highest BCUT2D eigenvalue weighted by Crippen LogP contribution is 2.20. The molecular weight excluding hydrogens is 897 g/mol. The minimum atomic E-state index is -1.49. The summed E-state index contributed by atoms with van der Waals surface area (Å²) in [4.78, 5) is 125. The van der Waals surface area contributed by atoms with Crippen molar-refractivity contribution >= 4 is 64.1 Å². The van der Waals surface area contributed by atoms with E-state index in [9.17, 15) is 58.8 Å². The molecule has 0 bridgehead atoms. The van der Waals surface area contributed by atoms with E-state index in [0.29, 0.717) is 26.3 Å². The van der Waals surface area contributed by atoms with Crippen LogP contribution in [0.5, 0.6) is 0 Å². The average Bonchev–Trinajstić information content (AvgIpc) is 3.71. The zero-order valence-corrected chi connectivity index (χ0v) is 39.7. The van der Waals surface area contributed by atoms with Gasteiger partial charge in [-0.2, -0.15) is 0 Å². The molecule has 22 nitrogen and oxygen atoms in total. The van der Waals surface area contributed by atoms with Gasteiger partial charge in [0.2, 0.25) is 53.2 Å². The van der Waals surface area contributed by atoms with Gasteiger partial charge >= 0.3 is 0 Å². The fourth-order valence-corrected chi connectivity index (χ4v) is 7.74. The molecule has 0 saturated carbocycles. The summed E-state index contributed by atoms with van der Waals surface area (Å²) in [7, 11) is 0. The van der Waals surface area contributed by atoms with Crippen LogP contribution in [0.25, 0.3) is 10.9 Å². The molecule has 2 heterocycles. The van der Waals surface area contributed by atoms with Crippen molar-refractivity contribution in [2.75, 3.05) is 19.6 Å². The van der Waals surface area contributed by atoms with Gasteiger partial charge in [-0.25, -0.2) is 15.2 Å². The number of H-pyrrole nitrogens is 1. The number of hydroxylamine groups is 6. The van der Waals surface area contributed by atoms with Crippen molar-refractivity contribution in [3.63, 3.8) is 0 Å². The molecule has 10 N–H and O–H groups in total. The number of hydrogen-bond acceptors (Lipinski definition) is 12. The van der Waals surface area contributed by atoms with Crippen molar-refractivity contribution in [2.24, 2.45) is 5.92 Å². The first-order valence-corrected chi connectivity index (χ1v) is 23.1. The number of para-hydroxylation sites is 1. The van der Waals surface area contributed by atoms with Crippen molar-refractivity contribution < 1.29 is 58.8 Å². The van der Waals surface area contributed by atoms with Gasteiger partial charge in [0.05, 0.1) is 0 Å². The van der Waals surface area contributed by atoms with Crippen molar-refractivity contribution in [1.29, 1.82) is 0 Å². The van der Waals surface area contributed by atoms with E-state index in [0.717, 1.165) is 31.7 Å². The highest BCUT2D eigenvalue weighted by atomic mass is 16.5. The van der Waals surface area contributed by atoms with Gasteiger partial charge in [0.25, 0.3) is 0 Å². The molecule has 376 valence electrons. The Balaban J connectivity index is 1.84. The van der Waals surface area contributed by atoms with Crippen molar-refractivity contribution in [2.45, 2.75) is 129 Å². The quantitative estimate of drug-likeness (QED) is 0.0631. The van der Waals surface area contributed by atoms with Crippen molar-refractivity contribution in [1.82, 2.24) is 52.1 Å². The number of aromatic nitrogens is 1. The number of nitrogens with zero attached hydrogens (tertiary/aromatic N) is 3. The largest absolute Gasteiger partial charge is 0.361 e. The van der Waals surface area contributed by atoms with Crippen LogP contribution in [0.2, 0.25) is 0 Å². The zero-order chi connectivity index (χ0) is 50.8. The Labute approximate surface area is 400 Å². The third-order valence-corrected chi connectivity index (χ3v) is 11.6. The molecular formula is C47H66N10O12. The molecule has 1 aromatic heterocycles. The number of benzene rings is 2. The molecule has 1 aliphatic heterocycles. The fourth-order valence-electron chi connectivity index (χ4n) is 7.74. The molecule has 1 saturated heterocycles. The number of carbonyl (C=O) groups is 9. The Morgan fingerprint density at radius 1 is 0.507 bits per heavy atom. The van der Waals surface area contributed by atoms with E-state index in [1.54, 1.807) is 42.6 Å². The molecule has 0 radical (unpaired) electrons. The molecule has 0 spiro atoms. The Morgan fingerprint density at radius 2 is 0.870 bits per heavy atom. The number of fused-ring (bicyclic) bond motifs is 1. The molecule has 1 fully saturated rings. The summed E-state index contributed by atoms with van der Waals surface area (Å²) in [5, 5.41) is 48.7. The van der Waals surface area contributed by atoms with Gasteiger partial charge in [-0.1, -0.05) is 62.4 Å². The molecule has 1 aliphatic rings. The van der Waals surface area contributed by atoms with Gasteiger partial charge in [0.1, 0.15) is 36.3 Å². The lowest BCUT2D eigenvalue weighted by molar-refractivity contribution is -0.163. The van der Waals surface area contributed by atoms with Gasteiger partial charge in [-0.15, -0.1) is 0 Å². The third kappa shape index (κ3) is 17.3. The number of rotatable bonds is 18. The molecule has 9 amide bonds.